The van der Waals surface area contributed by atoms with Gasteiger partial charge in [0, 0.05) is 25.5 Å². The van der Waals surface area contributed by atoms with Crippen LogP contribution in [0.2, 0.25) is 0 Å². The minimum absolute atomic E-state index is 0.0504. The van der Waals surface area contributed by atoms with E-state index in [2.05, 4.69) is 21.9 Å². The molecule has 9 heteroatoms. The maximum atomic E-state index is 12.6. The molecular formula is C32H57N5O4. The van der Waals surface area contributed by atoms with Crippen molar-refractivity contribution in [1.29, 1.82) is 0 Å². The van der Waals surface area contributed by atoms with Crippen LogP contribution in [0.3, 0.4) is 0 Å². The molecule has 0 amide bonds. The van der Waals surface area contributed by atoms with Crippen LogP contribution in [0, 0.1) is 5.92 Å². The molecule has 1 atom stereocenters. The predicted molar refractivity (Wildman–Crippen MR) is 167 cm³/mol. The third-order valence-corrected chi connectivity index (χ3v) is 8.05. The number of hydrogen-bond acceptors (Lipinski definition) is 7. The molecule has 0 saturated carbocycles. The van der Waals surface area contributed by atoms with Gasteiger partial charge in [-0.25, -0.2) is 4.98 Å². The number of aliphatic hydroxyl groups is 1. The molecule has 0 aromatic carbocycles. The molecule has 4 N–H and O–H groups in total. The number of anilines is 1. The zero-order valence-corrected chi connectivity index (χ0v) is 25.7. The molecule has 2 aromatic heterocycles. The number of hydrogen-bond donors (Lipinski definition) is 3. The van der Waals surface area contributed by atoms with E-state index in [0.29, 0.717) is 12.8 Å². The van der Waals surface area contributed by atoms with Gasteiger partial charge in [0.05, 0.1) is 12.9 Å². The van der Waals surface area contributed by atoms with Gasteiger partial charge in [0.2, 0.25) is 5.95 Å². The largest absolute Gasteiger partial charge is 0.466 e. The number of aromatic amines is 1. The fraction of sp³-hybridized carbons (Fsp3) is 0.812. The molecule has 0 saturated heterocycles. The average molecular weight is 576 g/mol. The van der Waals surface area contributed by atoms with Gasteiger partial charge in [-0.3, -0.25) is 14.2 Å². The van der Waals surface area contributed by atoms with Crippen molar-refractivity contribution in [3.05, 3.63) is 16.7 Å². The Balaban J connectivity index is 1.38. The Hall–Kier alpha value is -2.42. The molecule has 1 unspecified atom stereocenters. The molecule has 0 aliphatic rings. The van der Waals surface area contributed by atoms with Crippen LogP contribution in [0.1, 0.15) is 142 Å². The number of rotatable bonds is 26. The summed E-state index contributed by atoms with van der Waals surface area (Å²) in [5.74, 6) is -0.430. The number of imidazole rings is 1. The van der Waals surface area contributed by atoms with Gasteiger partial charge in [-0.2, -0.15) is 4.98 Å². The van der Waals surface area contributed by atoms with E-state index >= 15 is 0 Å². The Morgan fingerprint density at radius 1 is 0.902 bits per heavy atom. The van der Waals surface area contributed by atoms with Gasteiger partial charge in [0.1, 0.15) is 0 Å². The van der Waals surface area contributed by atoms with Crippen LogP contribution in [0.25, 0.3) is 11.2 Å². The summed E-state index contributed by atoms with van der Waals surface area (Å²) in [5, 5.41) is 9.75. The van der Waals surface area contributed by atoms with Crippen LogP contribution in [0.15, 0.2) is 11.1 Å². The molecule has 0 aliphatic heterocycles. The van der Waals surface area contributed by atoms with Gasteiger partial charge in [0.15, 0.2) is 11.2 Å². The molecule has 0 bridgehead atoms. The molecule has 0 spiro atoms. The maximum absolute atomic E-state index is 12.6. The molecular weight excluding hydrogens is 518 g/mol. The summed E-state index contributed by atoms with van der Waals surface area (Å²) in [6.07, 6.45) is 27.4. The van der Waals surface area contributed by atoms with Crippen molar-refractivity contribution in [3.63, 3.8) is 0 Å². The van der Waals surface area contributed by atoms with Crippen molar-refractivity contribution in [2.75, 3.05) is 18.9 Å². The first-order valence-electron chi connectivity index (χ1n) is 16.5. The van der Waals surface area contributed by atoms with E-state index in [1.54, 1.807) is 0 Å². The number of nitrogens with zero attached hydrogens (tertiary/aromatic N) is 3. The van der Waals surface area contributed by atoms with Crippen LogP contribution in [0.4, 0.5) is 5.95 Å². The standard InChI is InChI=1S/C32H57N5O4/c1-2-3-4-5-6-7-8-9-10-11-12-13-14-15-16-17-18-19-20-21-28(39)41-23-22-27(25-38)24-37-31(40)29-30(35-26-34-29)36-32(37)33/h26-27,38H,2-25H2,1H3,(H2,33,36)(H,34,35). The molecule has 0 aliphatic carbocycles. The third kappa shape index (κ3) is 14.9. The van der Waals surface area contributed by atoms with Gasteiger partial charge >= 0.3 is 5.97 Å². The van der Waals surface area contributed by atoms with Crippen LogP contribution < -0.4 is 11.3 Å². The van der Waals surface area contributed by atoms with Crippen molar-refractivity contribution in [2.45, 2.75) is 148 Å². The monoisotopic (exact) mass is 575 g/mol. The van der Waals surface area contributed by atoms with Crippen LogP contribution in [0.5, 0.6) is 0 Å². The van der Waals surface area contributed by atoms with Gasteiger partial charge in [0.25, 0.3) is 5.56 Å². The second-order valence-corrected chi connectivity index (χ2v) is 11.7. The lowest BCUT2D eigenvalue weighted by atomic mass is 10.0. The third-order valence-electron chi connectivity index (χ3n) is 8.05. The number of nitrogens with one attached hydrogen (secondary N) is 1. The summed E-state index contributed by atoms with van der Waals surface area (Å²) in [7, 11) is 0. The smallest absolute Gasteiger partial charge is 0.305 e. The molecule has 0 fully saturated rings. The average Bonchev–Trinajstić information content (AvgIpc) is 3.44. The van der Waals surface area contributed by atoms with Crippen molar-refractivity contribution >= 4 is 23.1 Å². The highest BCUT2D eigenvalue weighted by Gasteiger charge is 2.16. The Bertz CT molecular complexity index is 1010. The number of nitrogens with two attached hydrogens (primary N) is 1. The fourth-order valence-electron chi connectivity index (χ4n) is 5.37. The van der Waals surface area contributed by atoms with Gasteiger partial charge in [-0.15, -0.1) is 0 Å². The first kappa shape index (κ1) is 34.8. The molecule has 9 nitrogen and oxygen atoms in total. The van der Waals surface area contributed by atoms with Crippen LogP contribution in [-0.2, 0) is 16.1 Å². The van der Waals surface area contributed by atoms with E-state index in [4.69, 9.17) is 10.5 Å². The van der Waals surface area contributed by atoms with Gasteiger partial charge in [-0.1, -0.05) is 122 Å². The summed E-state index contributed by atoms with van der Waals surface area (Å²) < 4.78 is 6.69. The van der Waals surface area contributed by atoms with E-state index in [9.17, 15) is 14.7 Å². The minimum atomic E-state index is -0.329. The van der Waals surface area contributed by atoms with Crippen molar-refractivity contribution in [2.24, 2.45) is 5.92 Å². The molecule has 2 heterocycles. The topological polar surface area (TPSA) is 136 Å². The van der Waals surface area contributed by atoms with E-state index in [1.165, 1.54) is 120 Å². The molecule has 234 valence electrons. The molecule has 2 aromatic rings. The number of fused-ring (bicyclic) bond motifs is 1. The van der Waals surface area contributed by atoms with Crippen LogP contribution >= 0.6 is 0 Å². The number of aliphatic hydroxyl groups excluding tert-OH is 1. The predicted octanol–water partition coefficient (Wildman–Crippen LogP) is 7.07. The lowest BCUT2D eigenvalue weighted by molar-refractivity contribution is -0.144. The molecule has 0 radical (unpaired) electrons. The number of esters is 1. The molecule has 41 heavy (non-hydrogen) atoms. The number of carbonyl (C=O) groups is 1. The lowest BCUT2D eigenvalue weighted by Crippen LogP contribution is -2.29. The second kappa shape index (κ2) is 22.2. The van der Waals surface area contributed by atoms with Gasteiger partial charge < -0.3 is 20.6 Å². The number of unbranched alkanes of at least 4 members (excludes halogenated alkanes) is 18. The Morgan fingerprint density at radius 2 is 1.41 bits per heavy atom. The second-order valence-electron chi connectivity index (χ2n) is 11.7. The summed E-state index contributed by atoms with van der Waals surface area (Å²) >= 11 is 0. The zero-order chi connectivity index (χ0) is 29.5. The minimum Gasteiger partial charge on any atom is -0.466 e. The quantitative estimate of drug-likeness (QED) is 0.0806. The van der Waals surface area contributed by atoms with Gasteiger partial charge in [-0.05, 0) is 12.8 Å². The number of H-pyrrole nitrogens is 1. The van der Waals surface area contributed by atoms with Crippen molar-refractivity contribution in [1.82, 2.24) is 19.5 Å². The lowest BCUT2D eigenvalue weighted by Gasteiger charge is -2.17. The highest BCUT2D eigenvalue weighted by Crippen LogP contribution is 2.15. The summed E-state index contributed by atoms with van der Waals surface area (Å²) in [4.78, 5) is 35.5. The van der Waals surface area contributed by atoms with E-state index in [0.717, 1.165) is 12.8 Å². The van der Waals surface area contributed by atoms with E-state index in [1.807, 2.05) is 0 Å². The normalized spacial score (nSPS) is 12.2. The number of carbonyl (C=O) groups excluding carboxylic acids is 1. The first-order chi connectivity index (χ1) is 20.1. The fourth-order valence-corrected chi connectivity index (χ4v) is 5.37. The Labute approximate surface area is 247 Å². The SMILES string of the molecule is CCCCCCCCCCCCCCCCCCCCCC(=O)OCCC(CO)Cn1c(N)nc2nc[nH]c2c1=O. The summed E-state index contributed by atoms with van der Waals surface area (Å²) in [6.45, 7) is 2.53. The Morgan fingerprint density at radius 3 is 1.93 bits per heavy atom. The van der Waals surface area contributed by atoms with E-state index in [-0.39, 0.29) is 54.3 Å². The van der Waals surface area contributed by atoms with Crippen molar-refractivity contribution in [3.8, 4) is 0 Å². The number of ether oxygens (including phenoxy) is 1. The maximum Gasteiger partial charge on any atom is 0.305 e. The Kier molecular flexibility index (Phi) is 18.8. The van der Waals surface area contributed by atoms with E-state index < -0.39 is 0 Å². The first-order valence-corrected chi connectivity index (χ1v) is 16.5. The number of nitrogen functional groups attached to an aromatic ring is 1. The summed E-state index contributed by atoms with van der Waals surface area (Å²) in [5.41, 5.74) is 6.14. The highest BCUT2D eigenvalue weighted by atomic mass is 16.5. The van der Waals surface area contributed by atoms with Crippen molar-refractivity contribution < 1.29 is 14.6 Å². The highest BCUT2D eigenvalue weighted by molar-refractivity contribution is 5.70. The number of aromatic nitrogens is 4. The molecule has 2 rings (SSSR count). The summed E-state index contributed by atoms with van der Waals surface area (Å²) in [6, 6.07) is 0. The van der Waals surface area contributed by atoms with Crippen LogP contribution in [-0.4, -0.2) is 43.8 Å². The zero-order valence-electron chi connectivity index (χ0n) is 25.7.